The summed E-state index contributed by atoms with van der Waals surface area (Å²) in [6.07, 6.45) is -4.39. The Labute approximate surface area is 175 Å². The van der Waals surface area contributed by atoms with Gasteiger partial charge in [0.1, 0.15) is 18.5 Å². The van der Waals surface area contributed by atoms with Crippen molar-refractivity contribution in [2.75, 3.05) is 19.7 Å². The van der Waals surface area contributed by atoms with Crippen LogP contribution in [0.15, 0.2) is 18.2 Å². The SMILES string of the molecule is C[C@@H]1C(=O)NCCN1C(=O)N[C@H](c1ccc(F)c(Cl)c1)C1CC(OCC(F)(F)F)C1. The number of ether oxygens (including phenoxy) is 1. The Morgan fingerprint density at radius 3 is 2.73 bits per heavy atom. The standard InChI is InChI=1S/C19H22ClF4N3O3/c1-10-17(28)25-4-5-27(10)18(29)26-16(11-2-3-15(21)14(20)8-11)12-6-13(7-12)30-9-19(22,23)24/h2-3,8,10,12-13,16H,4-7,9H2,1H3,(H,25,28)(H,26,29)/t10-,12?,13?,16-/m1/s1. The number of hydrogen-bond acceptors (Lipinski definition) is 3. The fourth-order valence-electron chi connectivity index (χ4n) is 3.68. The van der Waals surface area contributed by atoms with E-state index in [0.717, 1.165) is 0 Å². The van der Waals surface area contributed by atoms with Gasteiger partial charge in [-0.15, -0.1) is 0 Å². The first-order valence-electron chi connectivity index (χ1n) is 9.53. The van der Waals surface area contributed by atoms with Gasteiger partial charge in [0.15, 0.2) is 0 Å². The number of halogens is 5. The van der Waals surface area contributed by atoms with E-state index in [1.807, 2.05) is 0 Å². The molecular formula is C19H22ClF4N3O3. The lowest BCUT2D eigenvalue weighted by atomic mass is 9.75. The Bertz CT molecular complexity index is 802. The molecule has 11 heteroatoms. The number of urea groups is 1. The Hall–Kier alpha value is -2.07. The van der Waals surface area contributed by atoms with Gasteiger partial charge in [-0.05, 0) is 43.4 Å². The van der Waals surface area contributed by atoms with Crippen LogP contribution in [0.1, 0.15) is 31.4 Å². The molecule has 0 spiro atoms. The molecule has 166 valence electrons. The highest BCUT2D eigenvalue weighted by Gasteiger charge is 2.41. The molecular weight excluding hydrogens is 430 g/mol. The minimum atomic E-state index is -4.41. The van der Waals surface area contributed by atoms with Gasteiger partial charge in [0.25, 0.3) is 0 Å². The van der Waals surface area contributed by atoms with Crippen molar-refractivity contribution in [1.82, 2.24) is 15.5 Å². The third-order valence-corrected chi connectivity index (χ3v) is 5.72. The van der Waals surface area contributed by atoms with Crippen molar-refractivity contribution in [3.8, 4) is 0 Å². The molecule has 1 aliphatic carbocycles. The van der Waals surface area contributed by atoms with E-state index in [1.54, 1.807) is 6.92 Å². The van der Waals surface area contributed by atoms with Crippen LogP contribution >= 0.6 is 11.6 Å². The number of hydrogen-bond donors (Lipinski definition) is 2. The quantitative estimate of drug-likeness (QED) is 0.674. The van der Waals surface area contributed by atoms with E-state index >= 15 is 0 Å². The number of nitrogens with one attached hydrogen (secondary N) is 2. The summed E-state index contributed by atoms with van der Waals surface area (Å²) in [5.41, 5.74) is 0.531. The molecule has 2 fully saturated rings. The van der Waals surface area contributed by atoms with Crippen molar-refractivity contribution < 1.29 is 31.9 Å². The van der Waals surface area contributed by atoms with Gasteiger partial charge in [-0.25, -0.2) is 9.18 Å². The minimum Gasteiger partial charge on any atom is -0.369 e. The average Bonchev–Trinajstić information content (AvgIpc) is 2.63. The summed E-state index contributed by atoms with van der Waals surface area (Å²) in [5, 5.41) is 5.38. The van der Waals surface area contributed by atoms with E-state index in [9.17, 15) is 27.2 Å². The van der Waals surface area contributed by atoms with Gasteiger partial charge in [0.2, 0.25) is 5.91 Å². The van der Waals surface area contributed by atoms with E-state index in [4.69, 9.17) is 16.3 Å². The van der Waals surface area contributed by atoms with Crippen LogP contribution in [0.25, 0.3) is 0 Å². The molecule has 0 aromatic heterocycles. The molecule has 1 aromatic carbocycles. The molecule has 1 aromatic rings. The molecule has 0 unspecified atom stereocenters. The number of piperazine rings is 1. The summed E-state index contributed by atoms with van der Waals surface area (Å²) in [5.74, 6) is -1.11. The highest BCUT2D eigenvalue weighted by molar-refractivity contribution is 6.30. The van der Waals surface area contributed by atoms with Crippen LogP contribution in [-0.4, -0.2) is 54.9 Å². The summed E-state index contributed by atoms with van der Waals surface area (Å²) in [4.78, 5) is 26.0. The minimum absolute atomic E-state index is 0.123. The number of nitrogens with zero attached hydrogens (tertiary/aromatic N) is 1. The third-order valence-electron chi connectivity index (χ3n) is 5.43. The molecule has 1 saturated carbocycles. The molecule has 0 radical (unpaired) electrons. The van der Waals surface area contributed by atoms with Gasteiger partial charge in [0, 0.05) is 13.1 Å². The number of carbonyl (C=O) groups excluding carboxylic acids is 2. The zero-order valence-corrected chi connectivity index (χ0v) is 16.9. The predicted octanol–water partition coefficient (Wildman–Crippen LogP) is 3.41. The van der Waals surface area contributed by atoms with Crippen LogP contribution in [0.5, 0.6) is 0 Å². The first kappa shape index (κ1) is 22.6. The number of carbonyl (C=O) groups is 2. The zero-order valence-electron chi connectivity index (χ0n) is 16.1. The second kappa shape index (κ2) is 8.97. The molecule has 2 N–H and O–H groups in total. The Morgan fingerprint density at radius 2 is 2.10 bits per heavy atom. The van der Waals surface area contributed by atoms with E-state index in [1.165, 1.54) is 23.1 Å². The average molecular weight is 452 g/mol. The van der Waals surface area contributed by atoms with Crippen molar-refractivity contribution in [3.63, 3.8) is 0 Å². The van der Waals surface area contributed by atoms with E-state index < -0.39 is 42.8 Å². The first-order valence-corrected chi connectivity index (χ1v) is 9.91. The number of alkyl halides is 3. The molecule has 1 heterocycles. The normalized spacial score (nSPS) is 25.3. The van der Waals surface area contributed by atoms with E-state index in [2.05, 4.69) is 10.6 Å². The Kier molecular flexibility index (Phi) is 6.76. The van der Waals surface area contributed by atoms with E-state index in [0.29, 0.717) is 31.5 Å². The van der Waals surface area contributed by atoms with Gasteiger partial charge in [-0.2, -0.15) is 13.2 Å². The van der Waals surface area contributed by atoms with Crippen LogP contribution in [-0.2, 0) is 9.53 Å². The summed E-state index contributed by atoms with van der Waals surface area (Å²) in [6.45, 7) is 0.907. The first-order chi connectivity index (χ1) is 14.0. The fourth-order valence-corrected chi connectivity index (χ4v) is 3.87. The lowest BCUT2D eigenvalue weighted by molar-refractivity contribution is -0.198. The maximum atomic E-state index is 13.6. The highest BCUT2D eigenvalue weighted by atomic mass is 35.5. The van der Waals surface area contributed by atoms with Crippen LogP contribution in [0.2, 0.25) is 5.02 Å². The molecule has 3 amide bonds. The summed E-state index contributed by atoms with van der Waals surface area (Å²) in [6, 6.07) is 2.27. The van der Waals surface area contributed by atoms with Crippen LogP contribution < -0.4 is 10.6 Å². The molecule has 30 heavy (non-hydrogen) atoms. The zero-order chi connectivity index (χ0) is 22.1. The van der Waals surface area contributed by atoms with E-state index in [-0.39, 0.29) is 16.8 Å². The summed E-state index contributed by atoms with van der Waals surface area (Å²) >= 11 is 5.88. The molecule has 6 nitrogen and oxygen atoms in total. The Morgan fingerprint density at radius 1 is 1.40 bits per heavy atom. The monoisotopic (exact) mass is 451 g/mol. The largest absolute Gasteiger partial charge is 0.411 e. The molecule has 3 rings (SSSR count). The van der Waals surface area contributed by atoms with Gasteiger partial charge in [-0.1, -0.05) is 17.7 Å². The Balaban J connectivity index is 1.71. The predicted molar refractivity (Wildman–Crippen MR) is 100 cm³/mol. The third kappa shape index (κ3) is 5.34. The van der Waals surface area contributed by atoms with Crippen molar-refractivity contribution >= 4 is 23.5 Å². The smallest absolute Gasteiger partial charge is 0.369 e. The maximum Gasteiger partial charge on any atom is 0.411 e. The highest BCUT2D eigenvalue weighted by Crippen LogP contribution is 2.41. The second-order valence-electron chi connectivity index (χ2n) is 7.54. The van der Waals surface area contributed by atoms with Gasteiger partial charge in [0.05, 0.1) is 17.2 Å². The molecule has 1 saturated heterocycles. The fraction of sp³-hybridized carbons (Fsp3) is 0.579. The lowest BCUT2D eigenvalue weighted by Gasteiger charge is -2.42. The molecule has 0 bridgehead atoms. The van der Waals surface area contributed by atoms with Gasteiger partial charge < -0.3 is 20.3 Å². The summed E-state index contributed by atoms with van der Waals surface area (Å²) < 4.78 is 55.5. The van der Waals surface area contributed by atoms with Gasteiger partial charge in [-0.3, -0.25) is 4.79 Å². The number of rotatable bonds is 5. The van der Waals surface area contributed by atoms with Crippen molar-refractivity contribution in [2.24, 2.45) is 5.92 Å². The topological polar surface area (TPSA) is 70.7 Å². The van der Waals surface area contributed by atoms with Crippen LogP contribution in [0, 0.1) is 11.7 Å². The number of amides is 3. The van der Waals surface area contributed by atoms with Crippen LogP contribution in [0.3, 0.4) is 0 Å². The molecule has 2 aliphatic rings. The summed E-state index contributed by atoms with van der Waals surface area (Å²) in [7, 11) is 0. The lowest BCUT2D eigenvalue weighted by Crippen LogP contribution is -2.59. The maximum absolute atomic E-state index is 13.6. The van der Waals surface area contributed by atoms with Gasteiger partial charge >= 0.3 is 12.2 Å². The van der Waals surface area contributed by atoms with Crippen molar-refractivity contribution in [1.29, 1.82) is 0 Å². The second-order valence-corrected chi connectivity index (χ2v) is 7.95. The molecule has 2 atom stereocenters. The van der Waals surface area contributed by atoms with Crippen molar-refractivity contribution in [3.05, 3.63) is 34.6 Å². The van der Waals surface area contributed by atoms with Crippen LogP contribution in [0.4, 0.5) is 22.4 Å². The number of benzene rings is 1. The molecule has 1 aliphatic heterocycles. The van der Waals surface area contributed by atoms with Crippen molar-refractivity contribution in [2.45, 2.75) is 44.1 Å².